The van der Waals surface area contributed by atoms with Crippen molar-refractivity contribution >= 4 is 43.6 Å². The van der Waals surface area contributed by atoms with Crippen molar-refractivity contribution in [1.82, 2.24) is 0 Å². The highest BCUT2D eigenvalue weighted by atomic mass is 32.1. The first kappa shape index (κ1) is 18.2. The zero-order chi connectivity index (χ0) is 20.5. The van der Waals surface area contributed by atoms with E-state index in [-0.39, 0.29) is 11.7 Å². The molecule has 0 radical (unpaired) electrons. The van der Waals surface area contributed by atoms with Gasteiger partial charge in [-0.1, -0.05) is 78.9 Å². The number of carbonyl (C=O) groups is 1. The number of carbonyl (C=O) groups excluding carboxylic acids is 1. The number of aliphatic imine (C=N–C) groups is 1. The van der Waals surface area contributed by atoms with E-state index in [9.17, 15) is 9.90 Å². The molecule has 5 aromatic rings. The van der Waals surface area contributed by atoms with Crippen LogP contribution in [0.1, 0.15) is 21.6 Å². The second kappa shape index (κ2) is 7.54. The highest BCUT2D eigenvalue weighted by molar-refractivity contribution is 7.21. The smallest absolute Gasteiger partial charge is 0.296 e. The first-order chi connectivity index (χ1) is 14.7. The van der Waals surface area contributed by atoms with Crippen molar-refractivity contribution in [3.05, 3.63) is 114 Å². The summed E-state index contributed by atoms with van der Waals surface area (Å²) in [7, 11) is 0. The average molecular weight is 408 g/mol. The Labute approximate surface area is 177 Å². The van der Waals surface area contributed by atoms with Gasteiger partial charge in [-0.05, 0) is 34.3 Å². The molecule has 4 nitrogen and oxygen atoms in total. The van der Waals surface area contributed by atoms with Gasteiger partial charge in [0.2, 0.25) is 0 Å². The Hall–Kier alpha value is -3.83. The Balaban J connectivity index is 1.78. The lowest BCUT2D eigenvalue weighted by molar-refractivity contribution is -0.508. The Kier molecular flexibility index (Phi) is 4.58. The molecule has 0 aliphatic heterocycles. The zero-order valence-corrected chi connectivity index (χ0v) is 16.7. The van der Waals surface area contributed by atoms with E-state index < -0.39 is 0 Å². The number of nitrogens with zero attached hydrogens (tertiary/aromatic N) is 2. The minimum Gasteiger partial charge on any atom is -0.858 e. The molecule has 5 rings (SSSR count). The topological polar surface area (TPSA) is 56.6 Å². The van der Waals surface area contributed by atoms with Crippen LogP contribution in [0, 0.1) is 0 Å². The molecule has 2 heterocycles. The van der Waals surface area contributed by atoms with Gasteiger partial charge in [0.15, 0.2) is 11.2 Å². The molecule has 2 aromatic heterocycles. The zero-order valence-electron chi connectivity index (χ0n) is 15.9. The second-order valence-electron chi connectivity index (χ2n) is 6.81. The molecule has 0 fully saturated rings. The summed E-state index contributed by atoms with van der Waals surface area (Å²) in [5, 5.41) is 15.3. The van der Waals surface area contributed by atoms with Gasteiger partial charge in [-0.25, -0.2) is 4.99 Å². The van der Waals surface area contributed by atoms with Crippen molar-refractivity contribution < 1.29 is 14.3 Å². The van der Waals surface area contributed by atoms with E-state index >= 15 is 0 Å². The summed E-state index contributed by atoms with van der Waals surface area (Å²) >= 11 is 1.35. The normalized spacial score (nSPS) is 11.8. The summed E-state index contributed by atoms with van der Waals surface area (Å²) < 4.78 is 1.85. The highest BCUT2D eigenvalue weighted by Crippen LogP contribution is 2.33. The van der Waals surface area contributed by atoms with Gasteiger partial charge >= 0.3 is 0 Å². The minimum atomic E-state index is -0.367. The molecule has 0 saturated carbocycles. The van der Waals surface area contributed by atoms with E-state index in [4.69, 9.17) is 0 Å². The van der Waals surface area contributed by atoms with Crippen molar-refractivity contribution in [3.8, 4) is 0 Å². The number of aromatic nitrogens is 1. The first-order valence-electron chi connectivity index (χ1n) is 9.49. The summed E-state index contributed by atoms with van der Waals surface area (Å²) in [6.45, 7) is 0. The molecule has 0 N–H and O–H groups in total. The number of fused-ring (bicyclic) bond motifs is 3. The SMILES string of the molecule is O=C(c1ccccc1)c1c(/N=C(/[O-])c2ccccc2)sc2c3ccccc3cc[n+]12. The Bertz CT molecular complexity index is 1410. The number of ketones is 1. The minimum absolute atomic E-state index is 0.165. The molecule has 0 aliphatic rings. The number of hydrogen-bond acceptors (Lipinski definition) is 4. The van der Waals surface area contributed by atoms with Crippen LogP contribution in [0.5, 0.6) is 0 Å². The van der Waals surface area contributed by atoms with Crippen LogP contribution in [-0.4, -0.2) is 11.7 Å². The van der Waals surface area contributed by atoms with Crippen LogP contribution in [0.2, 0.25) is 0 Å². The third-order valence-corrected chi connectivity index (χ3v) is 6.01. The van der Waals surface area contributed by atoms with E-state index in [1.165, 1.54) is 11.3 Å². The number of benzene rings is 3. The molecular weight excluding hydrogens is 392 g/mol. The lowest BCUT2D eigenvalue weighted by Crippen LogP contribution is -2.28. The highest BCUT2D eigenvalue weighted by Gasteiger charge is 2.29. The largest absolute Gasteiger partial charge is 0.858 e. The van der Waals surface area contributed by atoms with Crippen molar-refractivity contribution in [2.75, 3.05) is 0 Å². The van der Waals surface area contributed by atoms with E-state index in [1.807, 2.05) is 65.2 Å². The third kappa shape index (κ3) is 3.15. The van der Waals surface area contributed by atoms with Gasteiger partial charge in [0, 0.05) is 11.6 Å². The average Bonchev–Trinajstić information content (AvgIpc) is 3.18. The van der Waals surface area contributed by atoms with Gasteiger partial charge in [0.05, 0.1) is 5.39 Å². The number of pyridine rings is 1. The predicted molar refractivity (Wildman–Crippen MR) is 117 cm³/mol. The lowest BCUT2D eigenvalue weighted by atomic mass is 10.1. The maximum atomic E-state index is 13.4. The molecule has 5 heteroatoms. The van der Waals surface area contributed by atoms with Gasteiger partial charge in [-0.15, -0.1) is 4.40 Å². The third-order valence-electron chi connectivity index (χ3n) is 4.92. The van der Waals surface area contributed by atoms with Crippen molar-refractivity contribution in [3.63, 3.8) is 0 Å². The molecule has 0 atom stereocenters. The fraction of sp³-hybridized carbons (Fsp3) is 0. The number of rotatable bonds is 4. The molecule has 0 amide bonds. The fourth-order valence-electron chi connectivity index (χ4n) is 3.46. The van der Waals surface area contributed by atoms with E-state index in [2.05, 4.69) is 4.99 Å². The molecule has 0 unspecified atom stereocenters. The van der Waals surface area contributed by atoms with Crippen LogP contribution in [-0.2, 0) is 0 Å². The van der Waals surface area contributed by atoms with Gasteiger partial charge < -0.3 is 5.11 Å². The molecule has 3 aromatic carbocycles. The van der Waals surface area contributed by atoms with Gasteiger partial charge in [0.25, 0.3) is 16.3 Å². The first-order valence-corrected chi connectivity index (χ1v) is 10.3. The molecule has 0 aliphatic carbocycles. The van der Waals surface area contributed by atoms with Gasteiger partial charge in [0.1, 0.15) is 0 Å². The second-order valence-corrected chi connectivity index (χ2v) is 7.79. The van der Waals surface area contributed by atoms with Crippen molar-refractivity contribution in [2.24, 2.45) is 4.99 Å². The predicted octanol–water partition coefficient (Wildman–Crippen LogP) is 4.31. The van der Waals surface area contributed by atoms with Crippen LogP contribution in [0.25, 0.3) is 15.6 Å². The summed E-state index contributed by atoms with van der Waals surface area (Å²) in [5.41, 5.74) is 1.45. The maximum absolute atomic E-state index is 13.4. The fourth-order valence-corrected chi connectivity index (χ4v) is 4.60. The molecular formula is C25H16N2O2S. The monoisotopic (exact) mass is 408 g/mol. The number of hydrogen-bond donors (Lipinski definition) is 0. The Morgan fingerprint density at radius 2 is 1.43 bits per heavy atom. The van der Waals surface area contributed by atoms with Crippen molar-refractivity contribution in [2.45, 2.75) is 0 Å². The van der Waals surface area contributed by atoms with Crippen molar-refractivity contribution in [1.29, 1.82) is 0 Å². The van der Waals surface area contributed by atoms with Crippen LogP contribution >= 0.6 is 11.3 Å². The van der Waals surface area contributed by atoms with Crippen LogP contribution in [0.4, 0.5) is 5.00 Å². The number of thiazole rings is 1. The molecule has 144 valence electrons. The summed E-state index contributed by atoms with van der Waals surface area (Å²) in [6.07, 6.45) is 1.87. The van der Waals surface area contributed by atoms with E-state index in [0.29, 0.717) is 21.8 Å². The lowest BCUT2D eigenvalue weighted by Gasteiger charge is -2.09. The summed E-state index contributed by atoms with van der Waals surface area (Å²) in [6, 6.07) is 27.9. The molecule has 0 bridgehead atoms. The standard InChI is InChI=1S/C25H16N2O2S/c28-22(18-10-3-1-4-11-18)21-24(26-23(29)19-12-5-2-6-13-19)30-25-20-14-8-7-9-17(20)15-16-27(21)25/h1-16H. The van der Waals surface area contributed by atoms with Crippen LogP contribution < -0.4 is 9.51 Å². The Morgan fingerprint density at radius 3 is 2.17 bits per heavy atom. The maximum Gasteiger partial charge on any atom is 0.296 e. The molecule has 0 spiro atoms. The van der Waals surface area contributed by atoms with Gasteiger partial charge in [-0.2, -0.15) is 0 Å². The van der Waals surface area contributed by atoms with Gasteiger partial charge in [-0.3, -0.25) is 4.79 Å². The Morgan fingerprint density at radius 1 is 0.800 bits per heavy atom. The van der Waals surface area contributed by atoms with Crippen LogP contribution in [0.3, 0.4) is 0 Å². The summed E-state index contributed by atoms with van der Waals surface area (Å²) in [5.74, 6) is -0.532. The van der Waals surface area contributed by atoms with E-state index in [1.54, 1.807) is 36.4 Å². The van der Waals surface area contributed by atoms with Crippen LogP contribution in [0.15, 0.2) is 102 Å². The van der Waals surface area contributed by atoms with E-state index in [0.717, 1.165) is 15.6 Å². The summed E-state index contributed by atoms with van der Waals surface area (Å²) in [4.78, 5) is 18.7. The molecule has 0 saturated heterocycles. The molecule has 30 heavy (non-hydrogen) atoms. The quantitative estimate of drug-likeness (QED) is 0.193.